The summed E-state index contributed by atoms with van der Waals surface area (Å²) < 4.78 is 12.6. The smallest absolute Gasteiger partial charge is 0.279 e. The van der Waals surface area contributed by atoms with Crippen LogP contribution in [0.15, 0.2) is 12.1 Å². The maximum atomic E-state index is 12.5. The molecular formula is C19H27N4O3+. The summed E-state index contributed by atoms with van der Waals surface area (Å²) >= 11 is 0. The fraction of sp³-hybridized carbons (Fsp3) is 0.474. The van der Waals surface area contributed by atoms with Crippen LogP contribution in [0.1, 0.15) is 22.5 Å². The van der Waals surface area contributed by atoms with Crippen molar-refractivity contribution in [1.29, 1.82) is 0 Å². The lowest BCUT2D eigenvalue weighted by molar-refractivity contribution is -0.907. The van der Waals surface area contributed by atoms with Crippen LogP contribution in [-0.4, -0.2) is 43.0 Å². The molecule has 2 aromatic rings. The number of aromatic nitrogens is 2. The Morgan fingerprint density at radius 3 is 2.46 bits per heavy atom. The van der Waals surface area contributed by atoms with Crippen molar-refractivity contribution < 1.29 is 19.2 Å². The first-order valence-corrected chi connectivity index (χ1v) is 8.80. The first-order valence-electron chi connectivity index (χ1n) is 8.80. The zero-order chi connectivity index (χ0) is 18.8. The van der Waals surface area contributed by atoms with Gasteiger partial charge in [-0.05, 0) is 31.5 Å². The Labute approximate surface area is 153 Å². The number of quaternary nitrogens is 1. The molecule has 0 saturated carbocycles. The molecule has 1 aliphatic heterocycles. The number of hydrogen-bond acceptors (Lipinski definition) is 4. The Bertz CT molecular complexity index is 829. The summed E-state index contributed by atoms with van der Waals surface area (Å²) in [5.41, 5.74) is 5.11. The minimum atomic E-state index is 0.0168. The molecule has 0 saturated heterocycles. The van der Waals surface area contributed by atoms with Crippen molar-refractivity contribution >= 4 is 11.6 Å². The molecule has 2 heterocycles. The van der Waals surface area contributed by atoms with Gasteiger partial charge in [0.2, 0.25) is 0 Å². The van der Waals surface area contributed by atoms with Crippen LogP contribution in [0.4, 0.5) is 5.69 Å². The molecule has 0 radical (unpaired) electrons. The Hall–Kier alpha value is -2.54. The molecule has 0 bridgehead atoms. The number of aryl methyl sites for hydroxylation is 2. The van der Waals surface area contributed by atoms with Gasteiger partial charge >= 0.3 is 0 Å². The highest BCUT2D eigenvalue weighted by Crippen LogP contribution is 2.31. The molecule has 1 aromatic heterocycles. The van der Waals surface area contributed by atoms with Crippen LogP contribution in [0.2, 0.25) is 0 Å². The van der Waals surface area contributed by atoms with Crippen molar-refractivity contribution in [3.05, 3.63) is 34.6 Å². The number of ether oxygens (including phenoxy) is 2. The van der Waals surface area contributed by atoms with E-state index in [1.165, 1.54) is 16.0 Å². The Kier molecular flexibility index (Phi) is 5.18. The number of carbonyl (C=O) groups is 1. The SMILES string of the molecule is COc1cc2c(cc1OC)C[NH+](CC(=O)Nc1c(C)nn(C)c1C)CC2. The van der Waals surface area contributed by atoms with Crippen molar-refractivity contribution in [2.75, 3.05) is 32.6 Å². The second-order valence-electron chi connectivity index (χ2n) is 6.80. The highest BCUT2D eigenvalue weighted by molar-refractivity contribution is 5.92. The number of hydrogen-bond donors (Lipinski definition) is 2. The molecule has 0 aliphatic carbocycles. The average Bonchev–Trinajstić information content (AvgIpc) is 2.86. The van der Waals surface area contributed by atoms with Gasteiger partial charge in [-0.25, -0.2) is 0 Å². The molecule has 3 rings (SSSR count). The molecular weight excluding hydrogens is 332 g/mol. The van der Waals surface area contributed by atoms with Crippen LogP contribution in [0.5, 0.6) is 11.5 Å². The van der Waals surface area contributed by atoms with Crippen LogP contribution in [-0.2, 0) is 24.8 Å². The minimum Gasteiger partial charge on any atom is -0.493 e. The number of nitrogens with zero attached hydrogens (tertiary/aromatic N) is 2. The average molecular weight is 359 g/mol. The molecule has 1 amide bonds. The van der Waals surface area contributed by atoms with E-state index in [0.29, 0.717) is 6.54 Å². The number of nitrogens with one attached hydrogen (secondary N) is 2. The summed E-state index contributed by atoms with van der Waals surface area (Å²) in [6.45, 7) is 6.02. The summed E-state index contributed by atoms with van der Waals surface area (Å²) in [7, 11) is 5.17. The quantitative estimate of drug-likeness (QED) is 0.822. The van der Waals surface area contributed by atoms with Gasteiger partial charge in [0.1, 0.15) is 6.54 Å². The van der Waals surface area contributed by atoms with E-state index in [0.717, 1.165) is 48.1 Å². The molecule has 2 N–H and O–H groups in total. The van der Waals surface area contributed by atoms with Gasteiger partial charge in [0, 0.05) is 19.0 Å². The highest BCUT2D eigenvalue weighted by Gasteiger charge is 2.24. The summed E-state index contributed by atoms with van der Waals surface area (Å²) in [5.74, 6) is 1.51. The summed E-state index contributed by atoms with van der Waals surface area (Å²) in [6, 6.07) is 4.08. The van der Waals surface area contributed by atoms with Crippen molar-refractivity contribution in [1.82, 2.24) is 9.78 Å². The molecule has 7 nitrogen and oxygen atoms in total. The second kappa shape index (κ2) is 7.37. The first-order chi connectivity index (χ1) is 12.4. The van der Waals surface area contributed by atoms with Crippen LogP contribution >= 0.6 is 0 Å². The standard InChI is InChI=1S/C19H26N4O3/c1-12-19(13(2)22(3)21-12)20-18(24)11-23-7-6-14-8-16(25-4)17(26-5)9-15(14)10-23/h8-9H,6-7,10-11H2,1-5H3,(H,20,24)/p+1. The summed E-state index contributed by atoms with van der Waals surface area (Å²) in [5, 5.41) is 7.37. The lowest BCUT2D eigenvalue weighted by Crippen LogP contribution is -3.12. The topological polar surface area (TPSA) is 69.8 Å². The Morgan fingerprint density at radius 1 is 1.23 bits per heavy atom. The predicted octanol–water partition coefficient (Wildman–Crippen LogP) is 0.634. The van der Waals surface area contributed by atoms with E-state index >= 15 is 0 Å². The van der Waals surface area contributed by atoms with Gasteiger partial charge in [-0.15, -0.1) is 0 Å². The van der Waals surface area contributed by atoms with Crippen LogP contribution in [0, 0.1) is 13.8 Å². The maximum absolute atomic E-state index is 12.5. The van der Waals surface area contributed by atoms with Gasteiger partial charge in [-0.1, -0.05) is 0 Å². The molecule has 1 aliphatic rings. The van der Waals surface area contributed by atoms with E-state index in [-0.39, 0.29) is 5.91 Å². The summed E-state index contributed by atoms with van der Waals surface area (Å²) in [6.07, 6.45) is 0.920. The van der Waals surface area contributed by atoms with Crippen molar-refractivity contribution in [2.24, 2.45) is 7.05 Å². The van der Waals surface area contributed by atoms with Crippen LogP contribution in [0.25, 0.3) is 0 Å². The molecule has 0 spiro atoms. The fourth-order valence-electron chi connectivity index (χ4n) is 3.55. The van der Waals surface area contributed by atoms with E-state index in [2.05, 4.69) is 10.4 Å². The van der Waals surface area contributed by atoms with Crippen LogP contribution in [0.3, 0.4) is 0 Å². The molecule has 140 valence electrons. The van der Waals surface area contributed by atoms with Crippen LogP contribution < -0.4 is 19.7 Å². The molecule has 26 heavy (non-hydrogen) atoms. The number of methoxy groups -OCH3 is 2. The monoisotopic (exact) mass is 359 g/mol. The van der Waals surface area contributed by atoms with E-state index < -0.39 is 0 Å². The van der Waals surface area contributed by atoms with Gasteiger partial charge < -0.3 is 19.7 Å². The number of benzene rings is 1. The number of anilines is 1. The molecule has 1 unspecified atom stereocenters. The largest absolute Gasteiger partial charge is 0.493 e. The highest BCUT2D eigenvalue weighted by atomic mass is 16.5. The lowest BCUT2D eigenvalue weighted by atomic mass is 9.99. The van der Waals surface area contributed by atoms with E-state index in [1.807, 2.05) is 33.0 Å². The molecule has 1 atom stereocenters. The molecule has 1 aromatic carbocycles. The number of carbonyl (C=O) groups excluding carboxylic acids is 1. The summed E-state index contributed by atoms with van der Waals surface area (Å²) in [4.78, 5) is 13.8. The van der Waals surface area contributed by atoms with Crippen molar-refractivity contribution in [2.45, 2.75) is 26.8 Å². The normalized spacial score (nSPS) is 16.1. The van der Waals surface area contributed by atoms with E-state index in [4.69, 9.17) is 9.47 Å². The van der Waals surface area contributed by atoms with E-state index in [1.54, 1.807) is 18.9 Å². The Morgan fingerprint density at radius 2 is 1.88 bits per heavy atom. The predicted molar refractivity (Wildman–Crippen MR) is 99.0 cm³/mol. The van der Waals surface area contributed by atoms with Gasteiger partial charge in [-0.2, -0.15) is 5.10 Å². The maximum Gasteiger partial charge on any atom is 0.279 e. The van der Waals surface area contributed by atoms with Gasteiger partial charge in [0.25, 0.3) is 5.91 Å². The zero-order valence-electron chi connectivity index (χ0n) is 16.1. The number of amides is 1. The first kappa shape index (κ1) is 18.3. The molecule has 0 fully saturated rings. The number of rotatable bonds is 5. The fourth-order valence-corrected chi connectivity index (χ4v) is 3.55. The Balaban J connectivity index is 1.68. The second-order valence-corrected chi connectivity index (χ2v) is 6.80. The zero-order valence-corrected chi connectivity index (χ0v) is 16.1. The van der Waals surface area contributed by atoms with E-state index in [9.17, 15) is 4.79 Å². The minimum absolute atomic E-state index is 0.0168. The lowest BCUT2D eigenvalue weighted by Gasteiger charge is -2.26. The van der Waals surface area contributed by atoms with Crippen molar-refractivity contribution in [3.63, 3.8) is 0 Å². The third-order valence-corrected chi connectivity index (χ3v) is 5.08. The van der Waals surface area contributed by atoms with Gasteiger partial charge in [0.15, 0.2) is 18.0 Å². The van der Waals surface area contributed by atoms with Gasteiger partial charge in [0.05, 0.1) is 37.8 Å². The molecule has 7 heteroatoms. The third kappa shape index (κ3) is 3.53. The van der Waals surface area contributed by atoms with Crippen molar-refractivity contribution in [3.8, 4) is 11.5 Å². The third-order valence-electron chi connectivity index (χ3n) is 5.08. The van der Waals surface area contributed by atoms with Gasteiger partial charge in [-0.3, -0.25) is 9.48 Å². The number of fused-ring (bicyclic) bond motifs is 1.